The molecule has 0 aliphatic rings. The van der Waals surface area contributed by atoms with Crippen molar-refractivity contribution in [1.29, 1.82) is 0 Å². The Hall–Kier alpha value is -1.10. The zero-order valence-electron chi connectivity index (χ0n) is 11.5. The summed E-state index contributed by atoms with van der Waals surface area (Å²) < 4.78 is 0. The molecule has 0 aromatic heterocycles. The SMILES string of the molecule is CC(C)CNC(=O)CNC(=O)C(N)C(C)(C)C. The van der Waals surface area contributed by atoms with Crippen molar-refractivity contribution in [3.8, 4) is 0 Å². The maximum absolute atomic E-state index is 11.6. The second-order valence-corrected chi connectivity index (χ2v) is 5.76. The molecule has 1 atom stereocenters. The van der Waals surface area contributed by atoms with Gasteiger partial charge in [0.2, 0.25) is 11.8 Å². The second kappa shape index (κ2) is 6.59. The van der Waals surface area contributed by atoms with E-state index < -0.39 is 6.04 Å². The van der Waals surface area contributed by atoms with Gasteiger partial charge in [0.15, 0.2) is 0 Å². The first-order valence-electron chi connectivity index (χ1n) is 5.94. The van der Waals surface area contributed by atoms with Gasteiger partial charge in [-0.2, -0.15) is 0 Å². The lowest BCUT2D eigenvalue weighted by molar-refractivity contribution is -0.128. The highest BCUT2D eigenvalue weighted by molar-refractivity contribution is 5.87. The van der Waals surface area contributed by atoms with E-state index in [1.807, 2.05) is 34.6 Å². The number of carbonyl (C=O) groups excluding carboxylic acids is 2. The number of carbonyl (C=O) groups is 2. The third-order valence-corrected chi connectivity index (χ3v) is 2.35. The molecular formula is C12H25N3O2. The summed E-state index contributed by atoms with van der Waals surface area (Å²) in [6.45, 7) is 10.3. The van der Waals surface area contributed by atoms with Gasteiger partial charge in [-0.05, 0) is 11.3 Å². The van der Waals surface area contributed by atoms with Crippen molar-refractivity contribution in [1.82, 2.24) is 10.6 Å². The topological polar surface area (TPSA) is 84.2 Å². The average Bonchev–Trinajstić information content (AvgIpc) is 2.20. The smallest absolute Gasteiger partial charge is 0.239 e. The first-order chi connectivity index (χ1) is 7.64. The van der Waals surface area contributed by atoms with Gasteiger partial charge in [0.25, 0.3) is 0 Å². The Morgan fingerprint density at radius 3 is 2.12 bits per heavy atom. The van der Waals surface area contributed by atoms with Crippen LogP contribution < -0.4 is 16.4 Å². The summed E-state index contributed by atoms with van der Waals surface area (Å²) >= 11 is 0. The van der Waals surface area contributed by atoms with E-state index in [0.717, 1.165) is 0 Å². The van der Waals surface area contributed by atoms with E-state index in [1.165, 1.54) is 0 Å². The minimum Gasteiger partial charge on any atom is -0.354 e. The van der Waals surface area contributed by atoms with Crippen molar-refractivity contribution in [3.05, 3.63) is 0 Å². The van der Waals surface area contributed by atoms with Gasteiger partial charge in [0.05, 0.1) is 12.6 Å². The Morgan fingerprint density at radius 1 is 1.18 bits per heavy atom. The number of nitrogens with two attached hydrogens (primary N) is 1. The molecule has 4 N–H and O–H groups in total. The first-order valence-corrected chi connectivity index (χ1v) is 5.94. The van der Waals surface area contributed by atoms with Crippen molar-refractivity contribution in [2.45, 2.75) is 40.7 Å². The summed E-state index contributed by atoms with van der Waals surface area (Å²) in [5, 5.41) is 5.26. The Kier molecular flexibility index (Phi) is 6.16. The Balaban J connectivity index is 3.96. The van der Waals surface area contributed by atoms with Crippen molar-refractivity contribution < 1.29 is 9.59 Å². The van der Waals surface area contributed by atoms with Crippen LogP contribution in [0.4, 0.5) is 0 Å². The fraction of sp³-hybridized carbons (Fsp3) is 0.833. The molecule has 0 saturated heterocycles. The molecule has 0 aromatic carbocycles. The third-order valence-electron chi connectivity index (χ3n) is 2.35. The lowest BCUT2D eigenvalue weighted by atomic mass is 9.87. The highest BCUT2D eigenvalue weighted by Crippen LogP contribution is 2.16. The predicted octanol–water partition coefficient (Wildman–Crippen LogP) is 0.248. The fourth-order valence-corrected chi connectivity index (χ4v) is 1.05. The molecule has 0 aliphatic heterocycles. The number of nitrogens with one attached hydrogen (secondary N) is 2. The summed E-state index contributed by atoms with van der Waals surface area (Å²) in [4.78, 5) is 23.0. The molecule has 0 spiro atoms. The molecule has 2 amide bonds. The van der Waals surface area contributed by atoms with E-state index in [-0.39, 0.29) is 23.8 Å². The molecule has 100 valence electrons. The van der Waals surface area contributed by atoms with E-state index in [2.05, 4.69) is 10.6 Å². The van der Waals surface area contributed by atoms with Crippen LogP contribution in [0, 0.1) is 11.3 Å². The van der Waals surface area contributed by atoms with Crippen molar-refractivity contribution in [2.24, 2.45) is 17.1 Å². The highest BCUT2D eigenvalue weighted by Gasteiger charge is 2.27. The zero-order valence-corrected chi connectivity index (χ0v) is 11.5. The molecule has 0 aromatic rings. The number of hydrogen-bond donors (Lipinski definition) is 3. The average molecular weight is 243 g/mol. The van der Waals surface area contributed by atoms with E-state index in [0.29, 0.717) is 12.5 Å². The molecule has 0 radical (unpaired) electrons. The van der Waals surface area contributed by atoms with Crippen LogP contribution in [-0.4, -0.2) is 30.9 Å². The molecule has 0 fully saturated rings. The molecule has 0 heterocycles. The van der Waals surface area contributed by atoms with Crippen molar-refractivity contribution >= 4 is 11.8 Å². The highest BCUT2D eigenvalue weighted by atomic mass is 16.2. The van der Waals surface area contributed by atoms with Gasteiger partial charge in [-0.1, -0.05) is 34.6 Å². The minimum absolute atomic E-state index is 0.0185. The standard InChI is InChI=1S/C12H25N3O2/c1-8(2)6-14-9(16)7-15-11(17)10(13)12(3,4)5/h8,10H,6-7,13H2,1-5H3,(H,14,16)(H,15,17). The van der Waals surface area contributed by atoms with Crippen LogP contribution in [0.5, 0.6) is 0 Å². The van der Waals surface area contributed by atoms with Gasteiger partial charge < -0.3 is 16.4 Å². The van der Waals surface area contributed by atoms with Gasteiger partial charge in [-0.15, -0.1) is 0 Å². The summed E-state index contributed by atoms with van der Waals surface area (Å²) in [5.74, 6) is -0.0863. The molecule has 5 nitrogen and oxygen atoms in total. The van der Waals surface area contributed by atoms with Crippen LogP contribution in [0.3, 0.4) is 0 Å². The fourth-order valence-electron chi connectivity index (χ4n) is 1.05. The molecule has 17 heavy (non-hydrogen) atoms. The van der Waals surface area contributed by atoms with E-state index >= 15 is 0 Å². The Morgan fingerprint density at radius 2 is 1.71 bits per heavy atom. The number of rotatable bonds is 5. The van der Waals surface area contributed by atoms with Crippen LogP contribution in [0.25, 0.3) is 0 Å². The molecule has 1 unspecified atom stereocenters. The molecule has 0 rings (SSSR count). The van der Waals surface area contributed by atoms with Crippen LogP contribution in [0.2, 0.25) is 0 Å². The first kappa shape index (κ1) is 15.9. The summed E-state index contributed by atoms with van der Waals surface area (Å²) in [5.41, 5.74) is 5.45. The monoisotopic (exact) mass is 243 g/mol. The third kappa shape index (κ3) is 6.94. The summed E-state index contributed by atoms with van der Waals surface area (Å²) in [6.07, 6.45) is 0. The van der Waals surface area contributed by atoms with Gasteiger partial charge in [-0.25, -0.2) is 0 Å². The Labute approximate surface area is 104 Å². The van der Waals surface area contributed by atoms with E-state index in [1.54, 1.807) is 0 Å². The summed E-state index contributed by atoms with van der Waals surface area (Å²) in [6, 6.07) is -0.611. The van der Waals surface area contributed by atoms with Crippen molar-refractivity contribution in [2.75, 3.05) is 13.1 Å². The Bertz CT molecular complexity index is 269. The lowest BCUT2D eigenvalue weighted by Gasteiger charge is -2.25. The maximum atomic E-state index is 11.6. The predicted molar refractivity (Wildman–Crippen MR) is 68.3 cm³/mol. The minimum atomic E-state index is -0.611. The summed E-state index contributed by atoms with van der Waals surface area (Å²) in [7, 11) is 0. The number of hydrogen-bond acceptors (Lipinski definition) is 3. The van der Waals surface area contributed by atoms with E-state index in [9.17, 15) is 9.59 Å². The molecule has 5 heteroatoms. The van der Waals surface area contributed by atoms with Crippen LogP contribution >= 0.6 is 0 Å². The van der Waals surface area contributed by atoms with E-state index in [4.69, 9.17) is 5.73 Å². The zero-order chi connectivity index (χ0) is 13.6. The van der Waals surface area contributed by atoms with Crippen molar-refractivity contribution in [3.63, 3.8) is 0 Å². The van der Waals surface area contributed by atoms with Gasteiger partial charge in [0.1, 0.15) is 0 Å². The molecule has 0 saturated carbocycles. The maximum Gasteiger partial charge on any atom is 0.239 e. The second-order valence-electron chi connectivity index (χ2n) is 5.76. The lowest BCUT2D eigenvalue weighted by Crippen LogP contribution is -2.50. The van der Waals surface area contributed by atoms with Crippen LogP contribution in [-0.2, 0) is 9.59 Å². The van der Waals surface area contributed by atoms with Gasteiger partial charge in [0, 0.05) is 6.54 Å². The van der Waals surface area contributed by atoms with Crippen LogP contribution in [0.1, 0.15) is 34.6 Å². The molecular weight excluding hydrogens is 218 g/mol. The normalized spacial score (nSPS) is 13.4. The van der Waals surface area contributed by atoms with Gasteiger partial charge >= 0.3 is 0 Å². The van der Waals surface area contributed by atoms with Gasteiger partial charge in [-0.3, -0.25) is 9.59 Å². The molecule has 0 bridgehead atoms. The van der Waals surface area contributed by atoms with Crippen LogP contribution in [0.15, 0.2) is 0 Å². The number of amides is 2. The molecule has 0 aliphatic carbocycles. The quantitative estimate of drug-likeness (QED) is 0.647. The largest absolute Gasteiger partial charge is 0.354 e.